The Morgan fingerprint density at radius 1 is 1.21 bits per heavy atom. The number of rotatable bonds is 9. The smallest absolute Gasteiger partial charge is 0.413 e. The molecule has 0 aromatic rings. The molecule has 0 aromatic carbocycles. The molecule has 0 aromatic heterocycles. The van der Waals surface area contributed by atoms with Gasteiger partial charge in [-0.25, -0.2) is 4.57 Å². The second-order valence-corrected chi connectivity index (χ2v) is 14.1. The molecule has 0 N–H and O–H groups in total. The molecule has 1 aliphatic rings. The zero-order valence-electron chi connectivity index (χ0n) is 16.4. The van der Waals surface area contributed by atoms with Crippen molar-refractivity contribution >= 4 is 16.1 Å². The molecule has 142 valence electrons. The summed E-state index contributed by atoms with van der Waals surface area (Å²) >= 11 is 0. The van der Waals surface area contributed by atoms with E-state index in [2.05, 4.69) is 39.9 Å². The van der Waals surface area contributed by atoms with Crippen molar-refractivity contribution in [3.63, 3.8) is 0 Å². The Labute approximate surface area is 148 Å². The van der Waals surface area contributed by atoms with Gasteiger partial charge in [0.05, 0.1) is 25.9 Å². The molecule has 0 saturated heterocycles. The van der Waals surface area contributed by atoms with Gasteiger partial charge in [0.15, 0.2) is 8.32 Å². The first-order chi connectivity index (χ1) is 11.0. The third kappa shape index (κ3) is 6.39. The van der Waals surface area contributed by atoms with Gasteiger partial charge in [0.25, 0.3) is 0 Å². The molecule has 0 saturated carbocycles. The van der Waals surface area contributed by atoms with E-state index in [1.807, 2.05) is 0 Å². The van der Waals surface area contributed by atoms with Crippen LogP contribution in [0, 0.1) is 0 Å². The van der Waals surface area contributed by atoms with Gasteiger partial charge >= 0.3 is 7.82 Å². The maximum absolute atomic E-state index is 12.7. The predicted molar refractivity (Wildman–Crippen MR) is 101 cm³/mol. The molecule has 0 heterocycles. The second-order valence-electron chi connectivity index (χ2n) is 7.64. The molecular formula is C17H35O5PSi. The Balaban J connectivity index is 2.79. The summed E-state index contributed by atoms with van der Waals surface area (Å²) in [6.45, 7) is 15.8. The number of phosphoric acid groups is 1. The highest BCUT2D eigenvalue weighted by atomic mass is 31.2. The Bertz CT molecular complexity index is 460. The minimum atomic E-state index is -3.51. The first-order valence-corrected chi connectivity index (χ1v) is 13.3. The van der Waals surface area contributed by atoms with E-state index in [-0.39, 0.29) is 11.1 Å². The van der Waals surface area contributed by atoms with Crippen molar-refractivity contribution in [1.82, 2.24) is 0 Å². The van der Waals surface area contributed by atoms with Gasteiger partial charge < -0.3 is 4.43 Å². The summed E-state index contributed by atoms with van der Waals surface area (Å²) in [5.74, 6) is 0. The van der Waals surface area contributed by atoms with Crippen molar-refractivity contribution in [1.29, 1.82) is 0 Å². The third-order valence-electron chi connectivity index (χ3n) is 4.73. The lowest BCUT2D eigenvalue weighted by atomic mass is 9.97. The van der Waals surface area contributed by atoms with E-state index in [0.717, 1.165) is 24.8 Å². The van der Waals surface area contributed by atoms with Gasteiger partial charge in [0.1, 0.15) is 0 Å². The molecule has 1 aliphatic carbocycles. The predicted octanol–water partition coefficient (Wildman–Crippen LogP) is 5.68. The summed E-state index contributed by atoms with van der Waals surface area (Å²) in [7, 11) is -5.34. The monoisotopic (exact) mass is 378 g/mol. The lowest BCUT2D eigenvalue weighted by molar-refractivity contribution is 0.0862. The van der Waals surface area contributed by atoms with Crippen LogP contribution in [0.3, 0.4) is 0 Å². The van der Waals surface area contributed by atoms with Crippen LogP contribution in [0.4, 0.5) is 0 Å². The van der Waals surface area contributed by atoms with Crippen molar-refractivity contribution < 1.29 is 22.6 Å². The molecular weight excluding hydrogens is 343 g/mol. The quantitative estimate of drug-likeness (QED) is 0.293. The van der Waals surface area contributed by atoms with Crippen molar-refractivity contribution in [2.75, 3.05) is 19.8 Å². The van der Waals surface area contributed by atoms with Crippen molar-refractivity contribution in [3.05, 3.63) is 11.6 Å². The minimum Gasteiger partial charge on any atom is -0.413 e. The van der Waals surface area contributed by atoms with Crippen molar-refractivity contribution in [2.24, 2.45) is 0 Å². The van der Waals surface area contributed by atoms with E-state index in [0.29, 0.717) is 19.8 Å². The number of phosphoric ester groups is 1. The topological polar surface area (TPSA) is 54.0 Å². The summed E-state index contributed by atoms with van der Waals surface area (Å²) in [6, 6.07) is 0. The summed E-state index contributed by atoms with van der Waals surface area (Å²) in [5.41, 5.74) is 1.06. The lowest BCUT2D eigenvalue weighted by Crippen LogP contribution is -2.42. The summed E-state index contributed by atoms with van der Waals surface area (Å²) in [6.07, 6.45) is 4.73. The Morgan fingerprint density at radius 2 is 1.79 bits per heavy atom. The molecule has 5 nitrogen and oxygen atoms in total. The molecule has 0 bridgehead atoms. The van der Waals surface area contributed by atoms with Gasteiger partial charge in [-0.05, 0) is 56.8 Å². The number of hydrogen-bond acceptors (Lipinski definition) is 5. The highest BCUT2D eigenvalue weighted by Gasteiger charge is 2.38. The van der Waals surface area contributed by atoms with Gasteiger partial charge in [-0.1, -0.05) is 26.8 Å². The summed E-state index contributed by atoms with van der Waals surface area (Å²) in [5, 5.41) is 0.157. The average molecular weight is 379 g/mol. The molecule has 0 aliphatic heterocycles. The summed E-state index contributed by atoms with van der Waals surface area (Å²) in [4.78, 5) is 0. The van der Waals surface area contributed by atoms with Crippen LogP contribution in [-0.4, -0.2) is 34.2 Å². The van der Waals surface area contributed by atoms with E-state index in [9.17, 15) is 4.57 Å². The first-order valence-electron chi connectivity index (χ1n) is 8.95. The van der Waals surface area contributed by atoms with Crippen molar-refractivity contribution in [3.8, 4) is 0 Å². The van der Waals surface area contributed by atoms with E-state index in [1.165, 1.54) is 0 Å². The van der Waals surface area contributed by atoms with Gasteiger partial charge in [0.2, 0.25) is 0 Å². The van der Waals surface area contributed by atoms with Crippen LogP contribution >= 0.6 is 7.82 Å². The minimum absolute atomic E-state index is 0.157. The lowest BCUT2D eigenvalue weighted by Gasteiger charge is -2.37. The van der Waals surface area contributed by atoms with E-state index in [4.69, 9.17) is 18.0 Å². The van der Waals surface area contributed by atoms with Crippen LogP contribution in [0.2, 0.25) is 18.1 Å². The molecule has 1 atom stereocenters. The molecule has 24 heavy (non-hydrogen) atoms. The van der Waals surface area contributed by atoms with Gasteiger partial charge in [0, 0.05) is 0 Å². The van der Waals surface area contributed by atoms with Crippen LogP contribution in [0.15, 0.2) is 11.6 Å². The molecule has 0 spiro atoms. The van der Waals surface area contributed by atoms with Crippen molar-refractivity contribution in [2.45, 2.75) is 78.1 Å². The van der Waals surface area contributed by atoms with Gasteiger partial charge in [-0.3, -0.25) is 13.6 Å². The van der Waals surface area contributed by atoms with E-state index >= 15 is 0 Å². The fourth-order valence-corrected chi connectivity index (χ4v) is 4.57. The third-order valence-corrected chi connectivity index (χ3v) is 10.9. The van der Waals surface area contributed by atoms with Crippen LogP contribution in [0.25, 0.3) is 0 Å². The molecule has 0 radical (unpaired) electrons. The van der Waals surface area contributed by atoms with Gasteiger partial charge in [-0.2, -0.15) is 0 Å². The van der Waals surface area contributed by atoms with E-state index < -0.39 is 16.1 Å². The fraction of sp³-hybridized carbons (Fsp3) is 0.882. The average Bonchev–Trinajstić information content (AvgIpc) is 2.45. The molecule has 7 heteroatoms. The van der Waals surface area contributed by atoms with Crippen LogP contribution in [0.1, 0.15) is 53.9 Å². The highest BCUT2D eigenvalue weighted by molar-refractivity contribution is 7.48. The Morgan fingerprint density at radius 3 is 2.29 bits per heavy atom. The standard InChI is InChI=1S/C17H35O5PSi/c1-8-19-23(18,20-9-2)22-16-13-11-10-12-15(16)14-21-24(6,7)17(3,4)5/h12,16H,8-11,13-14H2,1-7H3/t16-/m0/s1. The molecule has 0 amide bonds. The maximum atomic E-state index is 12.7. The van der Waals surface area contributed by atoms with Gasteiger partial charge in [-0.15, -0.1) is 0 Å². The first kappa shape index (κ1) is 22.1. The van der Waals surface area contributed by atoms with Crippen LogP contribution in [-0.2, 0) is 22.6 Å². The number of allylic oxidation sites excluding steroid dienone is 1. The Hall–Kier alpha value is 0.0269. The number of hydrogen-bond donors (Lipinski definition) is 0. The maximum Gasteiger partial charge on any atom is 0.475 e. The molecule has 0 unspecified atom stereocenters. The largest absolute Gasteiger partial charge is 0.475 e. The van der Waals surface area contributed by atoms with Crippen LogP contribution in [0.5, 0.6) is 0 Å². The zero-order chi connectivity index (χ0) is 18.4. The zero-order valence-corrected chi connectivity index (χ0v) is 18.3. The highest BCUT2D eigenvalue weighted by Crippen LogP contribution is 2.52. The second kappa shape index (κ2) is 9.11. The normalized spacial score (nSPS) is 20.1. The van der Waals surface area contributed by atoms with Crippen LogP contribution < -0.4 is 0 Å². The molecule has 0 fully saturated rings. The van der Waals surface area contributed by atoms with E-state index in [1.54, 1.807) is 13.8 Å². The fourth-order valence-electron chi connectivity index (χ4n) is 2.23. The summed E-state index contributed by atoms with van der Waals surface area (Å²) < 4.78 is 35.3. The Kier molecular flexibility index (Phi) is 8.37. The molecule has 1 rings (SSSR count). The SMILES string of the molecule is CCOP(=O)(OCC)O[C@H]1CCCC=C1CO[Si](C)(C)C(C)(C)C.